The zero-order valence-corrected chi connectivity index (χ0v) is 13.4. The van der Waals surface area contributed by atoms with E-state index in [-0.39, 0.29) is 5.75 Å². The summed E-state index contributed by atoms with van der Waals surface area (Å²) in [5.74, 6) is 0.275. The number of nitrogens with zero attached hydrogens (tertiary/aromatic N) is 1. The van der Waals surface area contributed by atoms with Crippen molar-refractivity contribution in [2.45, 2.75) is 13.8 Å². The van der Waals surface area contributed by atoms with Gasteiger partial charge in [-0.3, -0.25) is 4.98 Å². The van der Waals surface area contributed by atoms with E-state index in [0.717, 1.165) is 38.0 Å². The van der Waals surface area contributed by atoms with Crippen molar-refractivity contribution in [1.29, 1.82) is 0 Å². The Hall–Kier alpha value is -2.07. The molecule has 21 heavy (non-hydrogen) atoms. The maximum absolute atomic E-state index is 9.51. The third kappa shape index (κ3) is 2.85. The van der Waals surface area contributed by atoms with Crippen LogP contribution in [0.3, 0.4) is 0 Å². The van der Waals surface area contributed by atoms with E-state index >= 15 is 0 Å². The number of aromatic nitrogens is 1. The third-order valence-corrected chi connectivity index (χ3v) is 3.87. The van der Waals surface area contributed by atoms with Crippen molar-refractivity contribution in [3.8, 4) is 5.75 Å². The van der Waals surface area contributed by atoms with Crippen LogP contribution in [0.4, 0.5) is 11.4 Å². The Kier molecular flexibility index (Phi) is 3.55. The van der Waals surface area contributed by atoms with E-state index in [1.807, 2.05) is 38.1 Å². The fraction of sp³-hybridized carbons (Fsp3) is 0.118. The van der Waals surface area contributed by atoms with Crippen LogP contribution in [0.2, 0.25) is 0 Å². The average Bonchev–Trinajstić information content (AvgIpc) is 2.42. The topological polar surface area (TPSA) is 45.1 Å². The maximum Gasteiger partial charge on any atom is 0.115 e. The molecule has 0 saturated heterocycles. The summed E-state index contributed by atoms with van der Waals surface area (Å²) in [7, 11) is 0. The van der Waals surface area contributed by atoms with E-state index in [1.54, 1.807) is 12.1 Å². The van der Waals surface area contributed by atoms with Gasteiger partial charge in [0.05, 0.1) is 5.52 Å². The quantitative estimate of drug-likeness (QED) is 0.639. The molecule has 3 rings (SSSR count). The first-order valence-electron chi connectivity index (χ1n) is 6.66. The van der Waals surface area contributed by atoms with Gasteiger partial charge in [-0.15, -0.1) is 0 Å². The molecule has 3 aromatic rings. The molecule has 0 spiro atoms. The normalized spacial score (nSPS) is 10.8. The second-order valence-electron chi connectivity index (χ2n) is 5.10. The number of halogens is 1. The van der Waals surface area contributed by atoms with Crippen LogP contribution in [0.15, 0.2) is 46.9 Å². The van der Waals surface area contributed by atoms with Gasteiger partial charge in [-0.25, -0.2) is 0 Å². The summed E-state index contributed by atoms with van der Waals surface area (Å²) in [6, 6.07) is 13.4. The van der Waals surface area contributed by atoms with Gasteiger partial charge in [-0.2, -0.15) is 0 Å². The smallest absolute Gasteiger partial charge is 0.115 e. The zero-order valence-electron chi connectivity index (χ0n) is 11.8. The SMILES string of the molecule is Cc1cc(Nc2ccc(O)cc2C)c2cc(Br)ccc2n1. The number of rotatable bonds is 2. The number of benzene rings is 2. The molecule has 4 heteroatoms. The Bertz CT molecular complexity index is 830. The van der Waals surface area contributed by atoms with Crippen LogP contribution in [0.25, 0.3) is 10.9 Å². The van der Waals surface area contributed by atoms with Crippen LogP contribution in [0.5, 0.6) is 5.75 Å². The molecular formula is C17H15BrN2O. The number of phenolic OH excluding ortho intramolecular Hbond substituents is 1. The molecule has 0 bridgehead atoms. The molecule has 0 fully saturated rings. The van der Waals surface area contributed by atoms with Gasteiger partial charge in [-0.1, -0.05) is 15.9 Å². The number of hydrogen-bond donors (Lipinski definition) is 2. The van der Waals surface area contributed by atoms with E-state index in [9.17, 15) is 5.11 Å². The summed E-state index contributed by atoms with van der Waals surface area (Å²) in [6.07, 6.45) is 0. The monoisotopic (exact) mass is 342 g/mol. The number of fused-ring (bicyclic) bond motifs is 1. The van der Waals surface area contributed by atoms with Crippen LogP contribution in [0, 0.1) is 13.8 Å². The Morgan fingerprint density at radius 1 is 1.00 bits per heavy atom. The molecule has 0 saturated carbocycles. The molecule has 0 amide bonds. The second kappa shape index (κ2) is 5.37. The minimum Gasteiger partial charge on any atom is -0.508 e. The van der Waals surface area contributed by atoms with Crippen molar-refractivity contribution in [3.05, 3.63) is 58.2 Å². The van der Waals surface area contributed by atoms with Crippen molar-refractivity contribution >= 4 is 38.2 Å². The molecule has 0 atom stereocenters. The Morgan fingerprint density at radius 3 is 2.57 bits per heavy atom. The Balaban J connectivity index is 2.13. The molecule has 106 valence electrons. The molecule has 0 radical (unpaired) electrons. The lowest BCUT2D eigenvalue weighted by Crippen LogP contribution is -1.96. The molecule has 2 N–H and O–H groups in total. The van der Waals surface area contributed by atoms with Crippen LogP contribution in [-0.2, 0) is 0 Å². The largest absolute Gasteiger partial charge is 0.508 e. The summed E-state index contributed by atoms with van der Waals surface area (Å²) < 4.78 is 1.02. The summed E-state index contributed by atoms with van der Waals surface area (Å²) in [6.45, 7) is 3.95. The highest BCUT2D eigenvalue weighted by atomic mass is 79.9. The van der Waals surface area contributed by atoms with E-state index in [2.05, 4.69) is 32.3 Å². The lowest BCUT2D eigenvalue weighted by atomic mass is 10.1. The molecule has 0 unspecified atom stereocenters. The standard InChI is InChI=1S/C17H15BrN2O/c1-10-7-13(21)4-6-15(10)20-17-8-11(2)19-16-5-3-12(18)9-14(16)17/h3-9,21H,1-2H3,(H,19,20). The number of pyridine rings is 1. The van der Waals surface area contributed by atoms with Crippen LogP contribution < -0.4 is 5.32 Å². The number of aryl methyl sites for hydroxylation is 2. The maximum atomic E-state index is 9.51. The van der Waals surface area contributed by atoms with Gasteiger partial charge >= 0.3 is 0 Å². The van der Waals surface area contributed by atoms with Gasteiger partial charge in [-0.05, 0) is 61.9 Å². The second-order valence-corrected chi connectivity index (χ2v) is 6.01. The van der Waals surface area contributed by atoms with Gasteiger partial charge in [0.15, 0.2) is 0 Å². The van der Waals surface area contributed by atoms with Crippen molar-refractivity contribution in [2.75, 3.05) is 5.32 Å². The van der Waals surface area contributed by atoms with Crippen molar-refractivity contribution in [1.82, 2.24) is 4.98 Å². The highest BCUT2D eigenvalue weighted by Crippen LogP contribution is 2.30. The number of aromatic hydroxyl groups is 1. The van der Waals surface area contributed by atoms with Crippen molar-refractivity contribution < 1.29 is 5.11 Å². The lowest BCUT2D eigenvalue weighted by molar-refractivity contribution is 0.475. The van der Waals surface area contributed by atoms with Gasteiger partial charge in [0.25, 0.3) is 0 Å². The zero-order chi connectivity index (χ0) is 15.0. The Morgan fingerprint density at radius 2 is 1.81 bits per heavy atom. The average molecular weight is 343 g/mol. The number of nitrogens with one attached hydrogen (secondary N) is 1. The van der Waals surface area contributed by atoms with E-state index in [4.69, 9.17) is 0 Å². The highest BCUT2D eigenvalue weighted by molar-refractivity contribution is 9.10. The van der Waals surface area contributed by atoms with Crippen LogP contribution in [0.1, 0.15) is 11.3 Å². The van der Waals surface area contributed by atoms with Gasteiger partial charge < -0.3 is 10.4 Å². The van der Waals surface area contributed by atoms with Gasteiger partial charge in [0.1, 0.15) is 5.75 Å². The molecule has 2 aromatic carbocycles. The molecule has 3 nitrogen and oxygen atoms in total. The van der Waals surface area contributed by atoms with Crippen LogP contribution >= 0.6 is 15.9 Å². The number of hydrogen-bond acceptors (Lipinski definition) is 3. The number of phenols is 1. The predicted octanol–water partition coefficient (Wildman–Crippen LogP) is 5.06. The molecule has 0 aliphatic heterocycles. The number of anilines is 2. The first-order valence-corrected chi connectivity index (χ1v) is 7.46. The highest BCUT2D eigenvalue weighted by Gasteiger charge is 2.07. The molecule has 0 aliphatic rings. The predicted molar refractivity (Wildman–Crippen MR) is 90.3 cm³/mol. The summed E-state index contributed by atoms with van der Waals surface area (Å²) in [5, 5.41) is 14.0. The fourth-order valence-corrected chi connectivity index (χ4v) is 2.73. The molecule has 1 heterocycles. The first kappa shape index (κ1) is 13.9. The Labute approximate surface area is 131 Å². The molecule has 0 aliphatic carbocycles. The van der Waals surface area contributed by atoms with Crippen LogP contribution in [-0.4, -0.2) is 10.1 Å². The molecule has 1 aromatic heterocycles. The van der Waals surface area contributed by atoms with Gasteiger partial charge in [0, 0.05) is 26.9 Å². The van der Waals surface area contributed by atoms with E-state index < -0.39 is 0 Å². The summed E-state index contributed by atoms with van der Waals surface area (Å²) in [5.41, 5.74) is 4.89. The van der Waals surface area contributed by atoms with Crippen molar-refractivity contribution in [2.24, 2.45) is 0 Å². The first-order chi connectivity index (χ1) is 10.0. The minimum absolute atomic E-state index is 0.275. The minimum atomic E-state index is 0.275. The lowest BCUT2D eigenvalue weighted by Gasteiger charge is -2.13. The third-order valence-electron chi connectivity index (χ3n) is 3.38. The molecular weight excluding hydrogens is 328 g/mol. The summed E-state index contributed by atoms with van der Waals surface area (Å²) >= 11 is 3.51. The van der Waals surface area contributed by atoms with E-state index in [0.29, 0.717) is 0 Å². The van der Waals surface area contributed by atoms with Crippen molar-refractivity contribution in [3.63, 3.8) is 0 Å². The van der Waals surface area contributed by atoms with Gasteiger partial charge in [0.2, 0.25) is 0 Å². The van der Waals surface area contributed by atoms with E-state index in [1.165, 1.54) is 0 Å². The fourth-order valence-electron chi connectivity index (χ4n) is 2.37. The summed E-state index contributed by atoms with van der Waals surface area (Å²) in [4.78, 5) is 4.55.